The zero-order valence-corrected chi connectivity index (χ0v) is 17.5. The number of carbonyl (C=O) groups excluding carboxylic acids is 1. The smallest absolute Gasteiger partial charge is 0.242 e. The van der Waals surface area contributed by atoms with E-state index in [-0.39, 0.29) is 48.2 Å². The SMILES string of the molecule is COCCOc1ccc(NC(=O)CCCN(C)S(=O)(=O)c2ccc(F)cc2)cc1F. The molecule has 0 saturated heterocycles. The fourth-order valence-corrected chi connectivity index (χ4v) is 3.73. The molecule has 2 aromatic rings. The Labute approximate surface area is 174 Å². The lowest BCUT2D eigenvalue weighted by Gasteiger charge is -2.17. The number of nitrogens with one attached hydrogen (secondary N) is 1. The van der Waals surface area contributed by atoms with Gasteiger partial charge >= 0.3 is 0 Å². The normalized spacial score (nSPS) is 11.5. The van der Waals surface area contributed by atoms with E-state index in [1.807, 2.05) is 0 Å². The van der Waals surface area contributed by atoms with Crippen molar-refractivity contribution in [3.8, 4) is 5.75 Å². The van der Waals surface area contributed by atoms with Gasteiger partial charge in [0.05, 0.1) is 11.5 Å². The van der Waals surface area contributed by atoms with E-state index < -0.39 is 21.7 Å². The molecule has 30 heavy (non-hydrogen) atoms. The van der Waals surface area contributed by atoms with Gasteiger partial charge in [-0.2, -0.15) is 0 Å². The molecule has 0 spiro atoms. The molecule has 1 amide bonds. The number of methoxy groups -OCH3 is 1. The number of hydrogen-bond acceptors (Lipinski definition) is 5. The van der Waals surface area contributed by atoms with Gasteiger partial charge in [-0.15, -0.1) is 0 Å². The van der Waals surface area contributed by atoms with E-state index in [2.05, 4.69) is 5.32 Å². The average molecular weight is 442 g/mol. The summed E-state index contributed by atoms with van der Waals surface area (Å²) >= 11 is 0. The highest BCUT2D eigenvalue weighted by Gasteiger charge is 2.20. The zero-order valence-electron chi connectivity index (χ0n) is 16.7. The van der Waals surface area contributed by atoms with Crippen LogP contribution in [0.15, 0.2) is 47.4 Å². The summed E-state index contributed by atoms with van der Waals surface area (Å²) in [6.07, 6.45) is 0.292. The Balaban J connectivity index is 1.83. The summed E-state index contributed by atoms with van der Waals surface area (Å²) in [6, 6.07) is 8.57. The van der Waals surface area contributed by atoms with Crippen LogP contribution in [0.25, 0.3) is 0 Å². The second kappa shape index (κ2) is 11.0. The maximum absolute atomic E-state index is 14.0. The van der Waals surface area contributed by atoms with Crippen molar-refractivity contribution in [2.45, 2.75) is 17.7 Å². The number of anilines is 1. The topological polar surface area (TPSA) is 84.9 Å². The van der Waals surface area contributed by atoms with E-state index >= 15 is 0 Å². The summed E-state index contributed by atoms with van der Waals surface area (Å²) in [6.45, 7) is 0.616. The van der Waals surface area contributed by atoms with Gasteiger partial charge in [0.1, 0.15) is 12.4 Å². The molecule has 164 valence electrons. The number of nitrogens with zero attached hydrogens (tertiary/aromatic N) is 1. The van der Waals surface area contributed by atoms with Crippen molar-refractivity contribution < 1.29 is 31.5 Å². The van der Waals surface area contributed by atoms with E-state index in [9.17, 15) is 22.0 Å². The van der Waals surface area contributed by atoms with Crippen LogP contribution in [0.2, 0.25) is 0 Å². The van der Waals surface area contributed by atoms with Crippen molar-refractivity contribution in [3.63, 3.8) is 0 Å². The molecule has 0 radical (unpaired) electrons. The summed E-state index contributed by atoms with van der Waals surface area (Å²) in [5.74, 6) is -1.47. The number of ether oxygens (including phenoxy) is 2. The summed E-state index contributed by atoms with van der Waals surface area (Å²) < 4.78 is 62.9. The van der Waals surface area contributed by atoms with Crippen LogP contribution in [0.3, 0.4) is 0 Å². The van der Waals surface area contributed by atoms with E-state index in [1.54, 1.807) is 0 Å². The Bertz CT molecular complexity index is 952. The molecular weight excluding hydrogens is 418 g/mol. The van der Waals surface area contributed by atoms with Crippen molar-refractivity contribution in [1.82, 2.24) is 4.31 Å². The minimum atomic E-state index is -3.77. The summed E-state index contributed by atoms with van der Waals surface area (Å²) in [7, 11) is -0.879. The lowest BCUT2D eigenvalue weighted by atomic mass is 10.2. The molecule has 0 aliphatic rings. The minimum absolute atomic E-state index is 0.0286. The van der Waals surface area contributed by atoms with Gasteiger partial charge in [-0.3, -0.25) is 4.79 Å². The Morgan fingerprint density at radius 1 is 1.10 bits per heavy atom. The molecule has 0 heterocycles. The lowest BCUT2D eigenvalue weighted by molar-refractivity contribution is -0.116. The molecule has 10 heteroatoms. The number of amides is 1. The predicted molar refractivity (Wildman–Crippen MR) is 108 cm³/mol. The van der Waals surface area contributed by atoms with Crippen molar-refractivity contribution in [2.24, 2.45) is 0 Å². The minimum Gasteiger partial charge on any atom is -0.488 e. The molecule has 0 bridgehead atoms. The number of benzene rings is 2. The second-order valence-electron chi connectivity index (χ2n) is 6.42. The average Bonchev–Trinajstić information content (AvgIpc) is 2.70. The molecule has 0 saturated carbocycles. The number of rotatable bonds is 11. The van der Waals surface area contributed by atoms with E-state index in [1.165, 1.54) is 38.4 Å². The lowest BCUT2D eigenvalue weighted by Crippen LogP contribution is -2.28. The first-order chi connectivity index (χ1) is 14.2. The molecule has 7 nitrogen and oxygen atoms in total. The summed E-state index contributed by atoms with van der Waals surface area (Å²) in [5, 5.41) is 2.56. The third-order valence-corrected chi connectivity index (χ3v) is 6.03. The Morgan fingerprint density at radius 2 is 1.80 bits per heavy atom. The van der Waals surface area contributed by atoms with Gasteiger partial charge in [-0.25, -0.2) is 21.5 Å². The third kappa shape index (κ3) is 6.75. The van der Waals surface area contributed by atoms with E-state index in [0.717, 1.165) is 22.5 Å². The molecule has 0 fully saturated rings. The third-order valence-electron chi connectivity index (χ3n) is 4.16. The fourth-order valence-electron chi connectivity index (χ4n) is 2.52. The Morgan fingerprint density at radius 3 is 2.43 bits per heavy atom. The van der Waals surface area contributed by atoms with Crippen molar-refractivity contribution in [2.75, 3.05) is 39.2 Å². The van der Waals surface area contributed by atoms with Gasteiger partial charge in [0, 0.05) is 38.9 Å². The Kier molecular flexibility index (Phi) is 8.70. The maximum Gasteiger partial charge on any atom is 0.242 e. The summed E-state index contributed by atoms with van der Waals surface area (Å²) in [4.78, 5) is 12.0. The van der Waals surface area contributed by atoms with Crippen molar-refractivity contribution in [1.29, 1.82) is 0 Å². The van der Waals surface area contributed by atoms with Crippen molar-refractivity contribution in [3.05, 3.63) is 54.1 Å². The van der Waals surface area contributed by atoms with Gasteiger partial charge in [0.15, 0.2) is 11.6 Å². The summed E-state index contributed by atoms with van der Waals surface area (Å²) in [5.41, 5.74) is 0.267. The highest BCUT2D eigenvalue weighted by molar-refractivity contribution is 7.89. The van der Waals surface area contributed by atoms with Gasteiger partial charge in [-0.1, -0.05) is 0 Å². The second-order valence-corrected chi connectivity index (χ2v) is 8.46. The molecule has 0 atom stereocenters. The van der Waals surface area contributed by atoms with Crippen LogP contribution in [0.4, 0.5) is 14.5 Å². The van der Waals surface area contributed by atoms with Crippen LogP contribution in [0.1, 0.15) is 12.8 Å². The van der Waals surface area contributed by atoms with Gasteiger partial charge in [0.25, 0.3) is 0 Å². The highest BCUT2D eigenvalue weighted by atomic mass is 32.2. The van der Waals surface area contributed by atoms with Crippen LogP contribution in [-0.4, -0.2) is 52.5 Å². The first-order valence-corrected chi connectivity index (χ1v) is 10.6. The monoisotopic (exact) mass is 442 g/mol. The van der Waals surface area contributed by atoms with Crippen LogP contribution in [-0.2, 0) is 19.6 Å². The molecule has 0 aliphatic heterocycles. The van der Waals surface area contributed by atoms with Gasteiger partial charge < -0.3 is 14.8 Å². The van der Waals surface area contributed by atoms with Crippen LogP contribution in [0.5, 0.6) is 5.75 Å². The van der Waals surface area contributed by atoms with Crippen LogP contribution < -0.4 is 10.1 Å². The number of halogens is 2. The predicted octanol–water partition coefficient (Wildman–Crippen LogP) is 3.03. The quantitative estimate of drug-likeness (QED) is 0.541. The van der Waals surface area contributed by atoms with Crippen LogP contribution in [0, 0.1) is 11.6 Å². The molecule has 2 aromatic carbocycles. The molecule has 0 aliphatic carbocycles. The first-order valence-electron chi connectivity index (χ1n) is 9.17. The largest absolute Gasteiger partial charge is 0.488 e. The van der Waals surface area contributed by atoms with E-state index in [4.69, 9.17) is 9.47 Å². The molecule has 0 aromatic heterocycles. The first kappa shape index (κ1) is 23.7. The standard InChI is InChI=1S/C20H24F2N2O5S/c1-24(30(26,27)17-8-5-15(21)6-9-17)11-3-4-20(25)23-16-7-10-19(18(22)14-16)29-13-12-28-2/h5-10,14H,3-4,11-13H2,1-2H3,(H,23,25). The molecule has 1 N–H and O–H groups in total. The molecule has 2 rings (SSSR count). The van der Waals surface area contributed by atoms with Gasteiger partial charge in [-0.05, 0) is 42.8 Å². The number of hydrogen-bond donors (Lipinski definition) is 1. The number of sulfonamides is 1. The molecule has 0 unspecified atom stereocenters. The Hall–Kier alpha value is -2.56. The highest BCUT2D eigenvalue weighted by Crippen LogP contribution is 2.21. The molecular formula is C20H24F2N2O5S. The van der Waals surface area contributed by atoms with Gasteiger partial charge in [0.2, 0.25) is 15.9 Å². The van der Waals surface area contributed by atoms with Crippen LogP contribution >= 0.6 is 0 Å². The van der Waals surface area contributed by atoms with Crippen molar-refractivity contribution >= 4 is 21.6 Å². The maximum atomic E-state index is 14.0. The zero-order chi connectivity index (χ0) is 22.1. The van der Waals surface area contributed by atoms with E-state index in [0.29, 0.717) is 6.61 Å². The number of carbonyl (C=O) groups is 1. The fraction of sp³-hybridized carbons (Fsp3) is 0.350.